The van der Waals surface area contributed by atoms with Crippen LogP contribution in [0.3, 0.4) is 0 Å². The number of carbonyl (C=O) groups excluding carboxylic acids is 1. The van der Waals surface area contributed by atoms with E-state index in [1.54, 1.807) is 36.8 Å². The molecule has 0 unspecified atom stereocenters. The Hall–Kier alpha value is -0.830. The summed E-state index contributed by atoms with van der Waals surface area (Å²) in [4.78, 5) is 12.5. The number of halogens is 1. The molecule has 1 aromatic carbocycles. The fourth-order valence-electron chi connectivity index (χ4n) is 3.18. The first kappa shape index (κ1) is 27.2. The maximum absolute atomic E-state index is 12.0. The van der Waals surface area contributed by atoms with Gasteiger partial charge in [0, 0.05) is 34.1 Å². The van der Waals surface area contributed by atoms with Crippen LogP contribution in [0.5, 0.6) is 5.75 Å². The topological polar surface area (TPSA) is 105 Å². The Bertz CT molecular complexity index is 601. The lowest BCUT2D eigenvalue weighted by Crippen LogP contribution is -2.61. The highest BCUT2D eigenvalue weighted by atomic mass is 35.7. The molecule has 30 heavy (non-hydrogen) atoms. The van der Waals surface area contributed by atoms with Crippen molar-refractivity contribution in [2.45, 2.75) is 88.9 Å². The summed E-state index contributed by atoms with van der Waals surface area (Å²) in [5.41, 5.74) is 0. The zero-order valence-electron chi connectivity index (χ0n) is 18.5. The summed E-state index contributed by atoms with van der Waals surface area (Å²) < 4.78 is 42.4. The zero-order valence-corrected chi connectivity index (χ0v) is 20.1. The summed E-state index contributed by atoms with van der Waals surface area (Å²) in [6.45, 7) is 2.23. The average molecular weight is 465 g/mol. The first-order valence-corrected chi connectivity index (χ1v) is 14.4. The number of unbranched alkanes of at least 4 members (excludes halogenated alkanes) is 10. The molecular formula is C22H37ClO6S. The summed E-state index contributed by atoms with van der Waals surface area (Å²) in [5.74, 6) is 0.117. The molecule has 0 heterocycles. The van der Waals surface area contributed by atoms with Gasteiger partial charge in [0.2, 0.25) is 0 Å². The maximum Gasteiger partial charge on any atom is 0.311 e. The Morgan fingerprint density at radius 3 is 1.77 bits per heavy atom. The van der Waals surface area contributed by atoms with Gasteiger partial charge in [-0.25, -0.2) is 0 Å². The van der Waals surface area contributed by atoms with Gasteiger partial charge >= 0.3 is 5.97 Å². The van der Waals surface area contributed by atoms with Crippen LogP contribution < -0.4 is 18.7 Å². The van der Waals surface area contributed by atoms with E-state index in [0.717, 1.165) is 19.3 Å². The predicted octanol–water partition coefficient (Wildman–Crippen LogP) is 3.55. The van der Waals surface area contributed by atoms with Crippen molar-refractivity contribution in [3.63, 3.8) is 0 Å². The van der Waals surface area contributed by atoms with Crippen molar-refractivity contribution in [3.05, 3.63) is 24.3 Å². The van der Waals surface area contributed by atoms with Gasteiger partial charge in [-0.2, -0.15) is 14.0 Å². The number of hydrogen-bond donors (Lipinski definition) is 0. The molecule has 0 N–H and O–H groups in total. The molecular weight excluding hydrogens is 428 g/mol. The molecule has 0 atom stereocenters. The molecule has 0 fully saturated rings. The predicted molar refractivity (Wildman–Crippen MR) is 112 cm³/mol. The van der Waals surface area contributed by atoms with Gasteiger partial charge in [-0.15, -0.1) is 0 Å². The van der Waals surface area contributed by atoms with Gasteiger partial charge in [0.25, 0.3) is 0 Å². The molecule has 0 aromatic heterocycles. The van der Waals surface area contributed by atoms with Crippen LogP contribution in [0.1, 0.15) is 84.0 Å². The molecule has 0 amide bonds. The van der Waals surface area contributed by atoms with Gasteiger partial charge in [-0.1, -0.05) is 71.1 Å². The SMILES string of the molecule is CCCCCCCCCCCCCC(=O)Oc1ccc(S(C)(C)O[Cl+3]([O-])([O-])[O-])cc1. The van der Waals surface area contributed by atoms with E-state index in [-0.39, 0.29) is 5.97 Å². The van der Waals surface area contributed by atoms with Crippen LogP contribution in [-0.4, -0.2) is 18.5 Å². The summed E-state index contributed by atoms with van der Waals surface area (Å²) in [5, 5.41) is 0. The van der Waals surface area contributed by atoms with E-state index in [9.17, 15) is 18.8 Å². The summed E-state index contributed by atoms with van der Waals surface area (Å²) >= 11 is 0. The van der Waals surface area contributed by atoms with Gasteiger partial charge in [0.05, 0.1) is 10.2 Å². The molecule has 8 heteroatoms. The van der Waals surface area contributed by atoms with Gasteiger partial charge in [-0.3, -0.25) is 4.79 Å². The number of ether oxygens (including phenoxy) is 1. The molecule has 1 rings (SSSR count). The molecule has 1 aromatic rings. The van der Waals surface area contributed by atoms with Gasteiger partial charge in [-0.05, 0) is 30.7 Å². The van der Waals surface area contributed by atoms with Crippen LogP contribution in [0.2, 0.25) is 0 Å². The minimum absolute atomic E-state index is 0.276. The monoisotopic (exact) mass is 464 g/mol. The van der Waals surface area contributed by atoms with E-state index in [2.05, 4.69) is 10.7 Å². The van der Waals surface area contributed by atoms with Crippen molar-refractivity contribution in [1.82, 2.24) is 0 Å². The molecule has 0 spiro atoms. The Kier molecular flexibility index (Phi) is 12.9. The summed E-state index contributed by atoms with van der Waals surface area (Å²) in [6, 6.07) is 6.39. The van der Waals surface area contributed by atoms with Crippen molar-refractivity contribution < 1.29 is 37.5 Å². The van der Waals surface area contributed by atoms with Crippen molar-refractivity contribution in [2.75, 3.05) is 12.5 Å². The second-order valence-corrected chi connectivity index (χ2v) is 12.1. The first-order chi connectivity index (χ1) is 14.1. The van der Waals surface area contributed by atoms with E-state index in [4.69, 9.17) is 4.74 Å². The van der Waals surface area contributed by atoms with Gasteiger partial charge in [0.1, 0.15) is 9.49 Å². The highest BCUT2D eigenvalue weighted by Gasteiger charge is 2.34. The summed E-state index contributed by atoms with van der Waals surface area (Å²) in [6.07, 6.45) is 17.0. The minimum Gasteiger partial charge on any atom is -0.427 e. The molecule has 6 nitrogen and oxygen atoms in total. The van der Waals surface area contributed by atoms with Crippen LogP contribution in [0.4, 0.5) is 0 Å². The average Bonchev–Trinajstić information content (AvgIpc) is 2.64. The normalized spacial score (nSPS) is 12.7. The first-order valence-electron chi connectivity index (χ1n) is 10.8. The molecule has 0 bridgehead atoms. The fourth-order valence-corrected chi connectivity index (χ4v) is 5.81. The Balaban J connectivity index is 2.19. The van der Waals surface area contributed by atoms with Gasteiger partial charge < -0.3 is 4.74 Å². The Morgan fingerprint density at radius 1 is 0.833 bits per heavy atom. The lowest BCUT2D eigenvalue weighted by molar-refractivity contribution is -1.91. The van der Waals surface area contributed by atoms with Crippen molar-refractivity contribution in [2.24, 2.45) is 0 Å². The number of rotatable bonds is 16. The lowest BCUT2D eigenvalue weighted by atomic mass is 10.1. The molecule has 0 radical (unpaired) electrons. The van der Waals surface area contributed by atoms with E-state index >= 15 is 0 Å². The number of carbonyl (C=O) groups is 1. The van der Waals surface area contributed by atoms with E-state index in [0.29, 0.717) is 17.1 Å². The number of hydrogen-bond acceptors (Lipinski definition) is 6. The third-order valence-electron chi connectivity index (χ3n) is 4.84. The van der Waals surface area contributed by atoms with Crippen molar-refractivity contribution >= 4 is 16.3 Å². The van der Waals surface area contributed by atoms with Gasteiger partial charge in [0.15, 0.2) is 0 Å². The van der Waals surface area contributed by atoms with Crippen molar-refractivity contribution in [3.8, 4) is 5.75 Å². The second kappa shape index (κ2) is 14.3. The largest absolute Gasteiger partial charge is 0.427 e. The third kappa shape index (κ3) is 12.8. The van der Waals surface area contributed by atoms with Crippen LogP contribution in [0.15, 0.2) is 29.2 Å². The van der Waals surface area contributed by atoms with E-state index < -0.39 is 20.6 Å². The fraction of sp³-hybridized carbons (Fsp3) is 0.682. The van der Waals surface area contributed by atoms with Crippen LogP contribution in [0, 0.1) is 10.2 Å². The maximum atomic E-state index is 12.0. The Morgan fingerprint density at radius 2 is 1.30 bits per heavy atom. The lowest BCUT2D eigenvalue weighted by Gasteiger charge is -2.26. The van der Waals surface area contributed by atoms with Crippen LogP contribution in [-0.2, 0) is 8.53 Å². The zero-order chi connectivity index (χ0) is 22.5. The smallest absolute Gasteiger partial charge is 0.311 e. The highest BCUT2D eigenvalue weighted by molar-refractivity contribution is 8.28. The summed E-state index contributed by atoms with van der Waals surface area (Å²) in [7, 11) is -6.75. The van der Waals surface area contributed by atoms with Crippen LogP contribution >= 0.6 is 10.3 Å². The molecule has 0 aliphatic rings. The molecule has 0 aliphatic heterocycles. The third-order valence-corrected chi connectivity index (χ3v) is 8.13. The number of benzene rings is 1. The van der Waals surface area contributed by atoms with Crippen molar-refractivity contribution in [1.29, 1.82) is 0 Å². The second-order valence-electron chi connectivity index (χ2n) is 7.91. The molecule has 174 valence electrons. The minimum atomic E-state index is -4.50. The number of esters is 1. The standard InChI is InChI=1S/C22H37ClO6S/c1-4-5-6-7-8-9-10-11-12-13-14-15-22(24)28-20-16-18-21(19-17-20)30(2,3)29-23(25,26)27/h16-19H,4-15H2,1-3H3. The van der Waals surface area contributed by atoms with E-state index in [1.807, 2.05) is 0 Å². The van der Waals surface area contributed by atoms with Crippen LogP contribution in [0.25, 0.3) is 0 Å². The molecule has 0 saturated heterocycles. The Labute approximate surface area is 185 Å². The van der Waals surface area contributed by atoms with E-state index in [1.165, 1.54) is 51.4 Å². The quantitative estimate of drug-likeness (QED) is 0.210. The molecule has 0 saturated carbocycles. The highest BCUT2D eigenvalue weighted by Crippen LogP contribution is 2.51. The molecule has 0 aliphatic carbocycles.